The van der Waals surface area contributed by atoms with E-state index in [9.17, 15) is 9.18 Å². The molecule has 118 valence electrons. The molecule has 0 aliphatic heterocycles. The number of benzene rings is 1. The highest BCUT2D eigenvalue weighted by atomic mass is 79.9. The zero-order valence-electron chi connectivity index (χ0n) is 12.3. The molecule has 0 aliphatic carbocycles. The second-order valence-electron chi connectivity index (χ2n) is 4.46. The molecule has 2 rings (SSSR count). The third-order valence-corrected chi connectivity index (χ3v) is 4.42. The predicted octanol–water partition coefficient (Wildman–Crippen LogP) is 3.49. The number of nitrogens with zero attached hydrogens (tertiary/aromatic N) is 3. The highest BCUT2D eigenvalue weighted by molar-refractivity contribution is 9.10. The Labute approximate surface area is 140 Å². The lowest BCUT2D eigenvalue weighted by molar-refractivity contribution is -0.113. The van der Waals surface area contributed by atoms with Gasteiger partial charge in [0, 0.05) is 17.4 Å². The van der Waals surface area contributed by atoms with E-state index in [4.69, 9.17) is 0 Å². The fourth-order valence-electron chi connectivity index (χ4n) is 1.91. The van der Waals surface area contributed by atoms with Gasteiger partial charge in [-0.3, -0.25) is 4.79 Å². The number of amides is 1. The molecule has 0 spiro atoms. The summed E-state index contributed by atoms with van der Waals surface area (Å²) in [6, 6.07) is 4.50. The van der Waals surface area contributed by atoms with Crippen LogP contribution < -0.4 is 5.32 Å². The van der Waals surface area contributed by atoms with Crippen molar-refractivity contribution >= 4 is 39.3 Å². The highest BCUT2D eigenvalue weighted by Crippen LogP contribution is 2.21. The number of halogens is 2. The summed E-state index contributed by atoms with van der Waals surface area (Å²) in [5.41, 5.74) is 0.167. The lowest BCUT2D eigenvalue weighted by atomic mass is 10.3. The number of rotatable bonds is 6. The van der Waals surface area contributed by atoms with Crippen LogP contribution in [0.2, 0.25) is 0 Å². The van der Waals surface area contributed by atoms with E-state index < -0.39 is 5.82 Å². The van der Waals surface area contributed by atoms with Crippen LogP contribution in [0.1, 0.15) is 19.7 Å². The van der Waals surface area contributed by atoms with Crippen molar-refractivity contribution in [3.63, 3.8) is 0 Å². The van der Waals surface area contributed by atoms with Crippen LogP contribution in [0.25, 0.3) is 0 Å². The van der Waals surface area contributed by atoms with Crippen LogP contribution in [0.4, 0.5) is 10.1 Å². The molecule has 0 bridgehead atoms. The average Bonchev–Trinajstić information content (AvgIpc) is 2.90. The molecule has 0 saturated carbocycles. The number of hydrogen-bond acceptors (Lipinski definition) is 4. The molecule has 0 radical (unpaired) electrons. The molecule has 1 heterocycles. The van der Waals surface area contributed by atoms with Gasteiger partial charge in [0.1, 0.15) is 11.6 Å². The molecule has 8 heteroatoms. The quantitative estimate of drug-likeness (QED) is 0.771. The molecule has 1 aromatic heterocycles. The Morgan fingerprint density at radius 3 is 2.82 bits per heavy atom. The zero-order valence-corrected chi connectivity index (χ0v) is 14.7. The molecular weight excluding hydrogens is 371 g/mol. The monoisotopic (exact) mass is 386 g/mol. The molecule has 0 fully saturated rings. The van der Waals surface area contributed by atoms with Crippen molar-refractivity contribution < 1.29 is 9.18 Å². The number of carbonyl (C=O) groups excluding carboxylic acids is 1. The van der Waals surface area contributed by atoms with Crippen LogP contribution in [-0.4, -0.2) is 26.4 Å². The van der Waals surface area contributed by atoms with Gasteiger partial charge in [0.2, 0.25) is 5.91 Å². The van der Waals surface area contributed by atoms with Gasteiger partial charge < -0.3 is 9.88 Å². The van der Waals surface area contributed by atoms with Crippen LogP contribution >= 0.6 is 27.7 Å². The van der Waals surface area contributed by atoms with Crippen LogP contribution in [0.3, 0.4) is 0 Å². The first kappa shape index (κ1) is 17.0. The maximum absolute atomic E-state index is 13.7. The summed E-state index contributed by atoms with van der Waals surface area (Å²) in [4.78, 5) is 11.9. The third-order valence-electron chi connectivity index (χ3n) is 2.96. The highest BCUT2D eigenvalue weighted by Gasteiger charge is 2.13. The fourth-order valence-corrected chi connectivity index (χ4v) is 3.07. The molecule has 0 unspecified atom stereocenters. The number of anilines is 1. The van der Waals surface area contributed by atoms with Gasteiger partial charge in [0.15, 0.2) is 5.16 Å². The molecule has 1 N–H and O–H groups in total. The molecule has 2 aromatic rings. The summed E-state index contributed by atoms with van der Waals surface area (Å²) in [5.74, 6) is 0.286. The Kier molecular flexibility index (Phi) is 5.96. The van der Waals surface area contributed by atoms with E-state index in [1.54, 1.807) is 6.07 Å². The summed E-state index contributed by atoms with van der Waals surface area (Å²) in [6.45, 7) is 4.76. The van der Waals surface area contributed by atoms with Gasteiger partial charge in [-0.2, -0.15) is 0 Å². The second kappa shape index (κ2) is 7.73. The van der Waals surface area contributed by atoms with E-state index in [0.717, 1.165) is 18.8 Å². The predicted molar refractivity (Wildman–Crippen MR) is 88.5 cm³/mol. The van der Waals surface area contributed by atoms with Crippen molar-refractivity contribution in [2.45, 2.75) is 32.0 Å². The first-order valence-corrected chi connectivity index (χ1v) is 8.62. The van der Waals surface area contributed by atoms with Crippen molar-refractivity contribution in [1.82, 2.24) is 14.8 Å². The van der Waals surface area contributed by atoms with E-state index >= 15 is 0 Å². The Balaban J connectivity index is 1.97. The van der Waals surface area contributed by atoms with Crippen LogP contribution in [-0.2, 0) is 17.8 Å². The van der Waals surface area contributed by atoms with Gasteiger partial charge in [0.05, 0.1) is 11.4 Å². The molecule has 0 atom stereocenters. The number of thioether (sulfide) groups is 1. The van der Waals surface area contributed by atoms with Crippen molar-refractivity contribution in [2.75, 3.05) is 11.1 Å². The normalized spacial score (nSPS) is 10.7. The number of aryl methyl sites for hydroxylation is 1. The maximum atomic E-state index is 13.7. The molecule has 1 aromatic carbocycles. The van der Waals surface area contributed by atoms with Crippen LogP contribution in [0.15, 0.2) is 27.8 Å². The topological polar surface area (TPSA) is 59.8 Å². The lowest BCUT2D eigenvalue weighted by Crippen LogP contribution is -2.15. The Hall–Kier alpha value is -1.41. The van der Waals surface area contributed by atoms with Crippen molar-refractivity contribution in [3.8, 4) is 0 Å². The van der Waals surface area contributed by atoms with E-state index in [1.807, 2.05) is 18.4 Å². The zero-order chi connectivity index (χ0) is 16.1. The van der Waals surface area contributed by atoms with Gasteiger partial charge in [-0.25, -0.2) is 4.39 Å². The first-order valence-electron chi connectivity index (χ1n) is 6.84. The molecule has 0 aliphatic rings. The Morgan fingerprint density at radius 1 is 1.41 bits per heavy atom. The summed E-state index contributed by atoms with van der Waals surface area (Å²) < 4.78 is 16.3. The first-order chi connectivity index (χ1) is 10.5. The maximum Gasteiger partial charge on any atom is 0.234 e. The summed E-state index contributed by atoms with van der Waals surface area (Å²) in [5, 5.41) is 11.4. The van der Waals surface area contributed by atoms with E-state index in [0.29, 0.717) is 9.63 Å². The Bertz CT molecular complexity index is 677. The minimum absolute atomic E-state index is 0.150. The summed E-state index contributed by atoms with van der Waals surface area (Å²) >= 11 is 4.46. The molecule has 0 saturated heterocycles. The summed E-state index contributed by atoms with van der Waals surface area (Å²) in [6.07, 6.45) is 0.789. The molecular formula is C14H16BrFN4OS. The van der Waals surface area contributed by atoms with E-state index in [1.165, 1.54) is 23.9 Å². The van der Waals surface area contributed by atoms with Gasteiger partial charge >= 0.3 is 0 Å². The minimum Gasteiger partial charge on any atom is -0.323 e. The van der Waals surface area contributed by atoms with E-state index in [-0.39, 0.29) is 17.3 Å². The van der Waals surface area contributed by atoms with E-state index in [2.05, 4.69) is 31.4 Å². The molecule has 5 nitrogen and oxygen atoms in total. The van der Waals surface area contributed by atoms with Crippen molar-refractivity contribution in [1.29, 1.82) is 0 Å². The minimum atomic E-state index is -0.474. The van der Waals surface area contributed by atoms with Crippen molar-refractivity contribution in [2.24, 2.45) is 0 Å². The third kappa shape index (κ3) is 4.07. The van der Waals surface area contributed by atoms with Gasteiger partial charge in [-0.1, -0.05) is 34.6 Å². The van der Waals surface area contributed by atoms with Crippen LogP contribution in [0.5, 0.6) is 0 Å². The van der Waals surface area contributed by atoms with Crippen LogP contribution in [0, 0.1) is 5.82 Å². The Morgan fingerprint density at radius 2 is 2.18 bits per heavy atom. The van der Waals surface area contributed by atoms with Crippen molar-refractivity contribution in [3.05, 3.63) is 34.3 Å². The molecule has 22 heavy (non-hydrogen) atoms. The second-order valence-corrected chi connectivity index (χ2v) is 6.32. The SMILES string of the molecule is CCc1nnc(SCC(=O)Nc2ccc(Br)cc2F)n1CC. The summed E-state index contributed by atoms with van der Waals surface area (Å²) in [7, 11) is 0. The van der Waals surface area contributed by atoms with Gasteiger partial charge in [-0.15, -0.1) is 10.2 Å². The largest absolute Gasteiger partial charge is 0.323 e. The van der Waals surface area contributed by atoms with Gasteiger partial charge in [-0.05, 0) is 25.1 Å². The average molecular weight is 387 g/mol. The number of carbonyl (C=O) groups is 1. The smallest absolute Gasteiger partial charge is 0.234 e. The molecule has 1 amide bonds. The number of nitrogens with one attached hydrogen (secondary N) is 1. The lowest BCUT2D eigenvalue weighted by Gasteiger charge is -2.07. The fraction of sp³-hybridized carbons (Fsp3) is 0.357. The standard InChI is InChI=1S/C14H16BrFN4OS/c1-3-12-18-19-14(20(12)4-2)22-8-13(21)17-11-6-5-9(15)7-10(11)16/h5-7H,3-4,8H2,1-2H3,(H,17,21). The number of hydrogen-bond donors (Lipinski definition) is 1. The van der Waals surface area contributed by atoms with Gasteiger partial charge in [0.25, 0.3) is 0 Å². The number of aromatic nitrogens is 3.